The molecular weight excluding hydrogens is 290 g/mol. The van der Waals surface area contributed by atoms with Gasteiger partial charge in [0.1, 0.15) is 11.6 Å². The zero-order valence-electron chi connectivity index (χ0n) is 13.3. The number of benzene rings is 1. The lowest BCUT2D eigenvalue weighted by molar-refractivity contribution is 0.0513. The second-order valence-electron chi connectivity index (χ2n) is 5.81. The third-order valence-electron chi connectivity index (χ3n) is 4.25. The number of rotatable bonds is 3. The van der Waals surface area contributed by atoms with Crippen LogP contribution in [0.1, 0.15) is 23.1 Å². The van der Waals surface area contributed by atoms with Crippen LogP contribution in [0.4, 0.5) is 5.82 Å². The van der Waals surface area contributed by atoms with E-state index in [1.165, 1.54) is 11.1 Å². The van der Waals surface area contributed by atoms with Gasteiger partial charge < -0.3 is 10.1 Å². The molecule has 4 rings (SSSR count). The molecule has 0 saturated heterocycles. The largest absolute Gasteiger partial charge is 0.371 e. The second-order valence-corrected chi connectivity index (χ2v) is 5.81. The molecule has 0 fully saturated rings. The van der Waals surface area contributed by atoms with Gasteiger partial charge in [-0.2, -0.15) is 5.10 Å². The molecular formula is C17H19N5O. The fraction of sp³-hybridized carbons (Fsp3) is 0.353. The number of nitrogens with one attached hydrogen (secondary N) is 1. The Bertz CT molecular complexity index is 857. The zero-order valence-corrected chi connectivity index (χ0v) is 13.3. The van der Waals surface area contributed by atoms with Crippen LogP contribution in [0.3, 0.4) is 0 Å². The lowest BCUT2D eigenvalue weighted by Crippen LogP contribution is -2.23. The molecule has 0 radical (unpaired) electrons. The molecule has 2 aromatic heterocycles. The van der Waals surface area contributed by atoms with Gasteiger partial charge in [0.25, 0.3) is 0 Å². The highest BCUT2D eigenvalue weighted by atomic mass is 16.5. The van der Waals surface area contributed by atoms with Gasteiger partial charge in [0.15, 0.2) is 5.65 Å². The lowest BCUT2D eigenvalue weighted by Gasteiger charge is -2.26. The van der Waals surface area contributed by atoms with Gasteiger partial charge in [-0.1, -0.05) is 24.3 Å². The minimum atomic E-state index is 0.0435. The first-order chi connectivity index (χ1) is 11.2. The first-order valence-corrected chi connectivity index (χ1v) is 7.82. The van der Waals surface area contributed by atoms with Crippen molar-refractivity contribution in [3.63, 3.8) is 0 Å². The van der Waals surface area contributed by atoms with Crippen molar-refractivity contribution in [2.75, 3.05) is 18.5 Å². The van der Waals surface area contributed by atoms with Crippen LogP contribution in [0.2, 0.25) is 0 Å². The van der Waals surface area contributed by atoms with E-state index in [-0.39, 0.29) is 6.10 Å². The minimum absolute atomic E-state index is 0.0435. The van der Waals surface area contributed by atoms with Gasteiger partial charge in [-0.15, -0.1) is 0 Å². The third-order valence-corrected chi connectivity index (χ3v) is 4.25. The summed E-state index contributed by atoms with van der Waals surface area (Å²) in [5.41, 5.74) is 3.47. The smallest absolute Gasteiger partial charge is 0.163 e. The van der Waals surface area contributed by atoms with Gasteiger partial charge in [0, 0.05) is 13.6 Å². The topological polar surface area (TPSA) is 64.9 Å². The summed E-state index contributed by atoms with van der Waals surface area (Å²) in [5.74, 6) is 1.54. The second kappa shape index (κ2) is 5.62. The van der Waals surface area contributed by atoms with Crippen molar-refractivity contribution in [3.8, 4) is 0 Å². The Labute approximate surface area is 134 Å². The van der Waals surface area contributed by atoms with Gasteiger partial charge in [0.05, 0.1) is 24.3 Å². The number of anilines is 1. The van der Waals surface area contributed by atoms with Gasteiger partial charge in [-0.25, -0.2) is 9.97 Å². The van der Waals surface area contributed by atoms with E-state index in [4.69, 9.17) is 4.74 Å². The summed E-state index contributed by atoms with van der Waals surface area (Å²) in [6.07, 6.45) is 2.82. The van der Waals surface area contributed by atoms with Crippen molar-refractivity contribution < 1.29 is 4.74 Å². The molecule has 23 heavy (non-hydrogen) atoms. The van der Waals surface area contributed by atoms with Crippen LogP contribution in [0.15, 0.2) is 30.5 Å². The highest BCUT2D eigenvalue weighted by Crippen LogP contribution is 2.28. The van der Waals surface area contributed by atoms with E-state index in [0.29, 0.717) is 6.54 Å². The molecule has 0 spiro atoms. The third kappa shape index (κ3) is 2.55. The number of aryl methyl sites for hydroxylation is 2. The first-order valence-electron chi connectivity index (χ1n) is 7.82. The van der Waals surface area contributed by atoms with E-state index in [1.807, 2.05) is 14.0 Å². The molecule has 0 bridgehead atoms. The van der Waals surface area contributed by atoms with Crippen molar-refractivity contribution in [1.82, 2.24) is 19.7 Å². The molecule has 1 atom stereocenters. The Morgan fingerprint density at radius 1 is 1.30 bits per heavy atom. The van der Waals surface area contributed by atoms with Crippen molar-refractivity contribution in [3.05, 3.63) is 47.4 Å². The molecule has 1 aliphatic heterocycles. The summed E-state index contributed by atoms with van der Waals surface area (Å²) < 4.78 is 7.71. The molecule has 3 heterocycles. The fourth-order valence-electron chi connectivity index (χ4n) is 3.10. The summed E-state index contributed by atoms with van der Waals surface area (Å²) in [6, 6.07) is 8.47. The summed E-state index contributed by atoms with van der Waals surface area (Å²) in [7, 11) is 1.89. The van der Waals surface area contributed by atoms with Gasteiger partial charge in [-0.3, -0.25) is 4.68 Å². The van der Waals surface area contributed by atoms with Crippen LogP contribution in [-0.4, -0.2) is 32.9 Å². The Hall–Kier alpha value is -2.47. The lowest BCUT2D eigenvalue weighted by atomic mass is 9.97. The van der Waals surface area contributed by atoms with Gasteiger partial charge in [0.2, 0.25) is 0 Å². The number of nitrogens with zero attached hydrogens (tertiary/aromatic N) is 4. The van der Waals surface area contributed by atoms with Crippen LogP contribution in [0.25, 0.3) is 11.0 Å². The Morgan fingerprint density at radius 3 is 3.09 bits per heavy atom. The Balaban J connectivity index is 1.61. The number of hydrogen-bond donors (Lipinski definition) is 1. The van der Waals surface area contributed by atoms with E-state index in [9.17, 15) is 0 Å². The molecule has 0 amide bonds. The highest BCUT2D eigenvalue weighted by Gasteiger charge is 2.21. The summed E-state index contributed by atoms with van der Waals surface area (Å²) in [6.45, 7) is 3.33. The number of fused-ring (bicyclic) bond motifs is 2. The van der Waals surface area contributed by atoms with Crippen molar-refractivity contribution in [1.29, 1.82) is 0 Å². The number of hydrogen-bond acceptors (Lipinski definition) is 5. The van der Waals surface area contributed by atoms with Crippen LogP contribution in [0, 0.1) is 6.92 Å². The van der Waals surface area contributed by atoms with Gasteiger partial charge >= 0.3 is 0 Å². The average Bonchev–Trinajstić information content (AvgIpc) is 2.94. The summed E-state index contributed by atoms with van der Waals surface area (Å²) in [4.78, 5) is 8.97. The molecule has 1 aromatic carbocycles. The number of aromatic nitrogens is 4. The first kappa shape index (κ1) is 14.1. The minimum Gasteiger partial charge on any atom is -0.371 e. The maximum atomic E-state index is 5.95. The van der Waals surface area contributed by atoms with E-state index < -0.39 is 0 Å². The van der Waals surface area contributed by atoms with Crippen molar-refractivity contribution >= 4 is 16.9 Å². The Morgan fingerprint density at radius 2 is 2.17 bits per heavy atom. The Kier molecular flexibility index (Phi) is 3.46. The van der Waals surface area contributed by atoms with Crippen molar-refractivity contribution in [2.45, 2.75) is 19.4 Å². The van der Waals surface area contributed by atoms with Crippen LogP contribution >= 0.6 is 0 Å². The maximum absolute atomic E-state index is 5.95. The van der Waals surface area contributed by atoms with Crippen LogP contribution in [0.5, 0.6) is 0 Å². The SMILES string of the molecule is Cc1nc(NC[C@@H]2OCCc3ccccc32)c2cnn(C)c2n1. The quantitative estimate of drug-likeness (QED) is 0.805. The molecule has 1 aliphatic rings. The zero-order chi connectivity index (χ0) is 15.8. The molecule has 0 aliphatic carbocycles. The predicted molar refractivity (Wildman–Crippen MR) is 88.4 cm³/mol. The van der Waals surface area contributed by atoms with E-state index >= 15 is 0 Å². The number of ether oxygens (including phenoxy) is 1. The fourth-order valence-corrected chi connectivity index (χ4v) is 3.10. The molecule has 6 nitrogen and oxygen atoms in total. The maximum Gasteiger partial charge on any atom is 0.163 e. The standard InChI is InChI=1S/C17H19N5O/c1-11-20-16(14-9-19-22(2)17(14)21-11)18-10-15-13-6-4-3-5-12(13)7-8-23-15/h3-6,9,15H,7-8,10H2,1-2H3,(H,18,20,21)/t15-/m0/s1. The molecule has 3 aromatic rings. The summed E-state index contributed by atoms with van der Waals surface area (Å²) >= 11 is 0. The monoisotopic (exact) mass is 309 g/mol. The van der Waals surface area contributed by atoms with Gasteiger partial charge in [-0.05, 0) is 24.5 Å². The van der Waals surface area contributed by atoms with Crippen LogP contribution < -0.4 is 5.32 Å². The molecule has 118 valence electrons. The molecule has 6 heteroatoms. The molecule has 0 saturated carbocycles. The highest BCUT2D eigenvalue weighted by molar-refractivity contribution is 5.86. The van der Waals surface area contributed by atoms with Crippen LogP contribution in [-0.2, 0) is 18.2 Å². The molecule has 1 N–H and O–H groups in total. The predicted octanol–water partition coefficient (Wildman–Crippen LogP) is 2.40. The van der Waals surface area contributed by atoms with E-state index in [0.717, 1.165) is 35.7 Å². The summed E-state index contributed by atoms with van der Waals surface area (Å²) in [5, 5.41) is 8.63. The normalized spacial score (nSPS) is 17.2. The molecule has 0 unspecified atom stereocenters. The average molecular weight is 309 g/mol. The van der Waals surface area contributed by atoms with E-state index in [1.54, 1.807) is 10.9 Å². The van der Waals surface area contributed by atoms with Crippen molar-refractivity contribution in [2.24, 2.45) is 7.05 Å². The van der Waals surface area contributed by atoms with E-state index in [2.05, 4.69) is 44.6 Å².